The van der Waals surface area contributed by atoms with Crippen molar-refractivity contribution in [3.05, 3.63) is 32.8 Å². The third kappa shape index (κ3) is 3.26. The predicted octanol–water partition coefficient (Wildman–Crippen LogP) is 3.21. The van der Waals surface area contributed by atoms with Gasteiger partial charge in [0.2, 0.25) is 0 Å². The lowest BCUT2D eigenvalue weighted by molar-refractivity contribution is -0.383. The number of nitro benzene ring substituents is 1. The van der Waals surface area contributed by atoms with E-state index < -0.39 is 4.92 Å². The number of carbonyl (C=O) groups excluding carboxylic acids is 1. The van der Waals surface area contributed by atoms with Gasteiger partial charge in [0, 0.05) is 25.2 Å². The molecule has 1 aromatic carbocycles. The minimum atomic E-state index is -0.553. The van der Waals surface area contributed by atoms with Crippen LogP contribution in [0.4, 0.5) is 11.4 Å². The molecule has 0 saturated heterocycles. The molecule has 0 spiro atoms. The number of amides is 1. The second-order valence-electron chi connectivity index (χ2n) is 5.40. The second kappa shape index (κ2) is 5.89. The number of anilines is 1. The first-order valence-electron chi connectivity index (χ1n) is 6.86. The molecule has 0 bridgehead atoms. The van der Waals surface area contributed by atoms with Gasteiger partial charge in [-0.2, -0.15) is 0 Å². The zero-order valence-electron chi connectivity index (χ0n) is 12.0. The maximum atomic E-state index is 12.1. The molecular formula is C14H18ClN3O3. The van der Waals surface area contributed by atoms with Crippen molar-refractivity contribution in [2.24, 2.45) is 5.41 Å². The van der Waals surface area contributed by atoms with Crippen LogP contribution in [0.15, 0.2) is 12.1 Å². The van der Waals surface area contributed by atoms with Crippen LogP contribution in [0.3, 0.4) is 0 Å². The third-order valence-electron chi connectivity index (χ3n) is 4.11. The largest absolute Gasteiger partial charge is 0.381 e. The maximum Gasteiger partial charge on any atom is 0.294 e. The fraction of sp³-hybridized carbons (Fsp3) is 0.500. The van der Waals surface area contributed by atoms with Crippen LogP contribution in [0.5, 0.6) is 0 Å². The van der Waals surface area contributed by atoms with E-state index in [1.807, 2.05) is 0 Å². The molecule has 0 atom stereocenters. The van der Waals surface area contributed by atoms with Crippen LogP contribution in [0.25, 0.3) is 0 Å². The molecule has 114 valence electrons. The highest BCUT2D eigenvalue weighted by Gasteiger charge is 2.40. The Balaban J connectivity index is 2.19. The number of hydrogen-bond donors (Lipinski definition) is 2. The number of nitrogens with one attached hydrogen (secondary N) is 2. The molecule has 1 amide bonds. The Morgan fingerprint density at radius 2 is 2.14 bits per heavy atom. The summed E-state index contributed by atoms with van der Waals surface area (Å²) in [5.41, 5.74) is 0.436. The summed E-state index contributed by atoms with van der Waals surface area (Å²) in [5, 5.41) is 16.7. The number of benzene rings is 1. The molecule has 1 aliphatic carbocycles. The first-order chi connectivity index (χ1) is 9.92. The highest BCUT2D eigenvalue weighted by Crippen LogP contribution is 2.47. The maximum absolute atomic E-state index is 12.1. The van der Waals surface area contributed by atoms with Crippen LogP contribution in [0.2, 0.25) is 5.02 Å². The van der Waals surface area contributed by atoms with E-state index >= 15 is 0 Å². The Labute approximate surface area is 128 Å². The number of nitrogens with zero attached hydrogens (tertiary/aromatic N) is 1. The topological polar surface area (TPSA) is 84.3 Å². The van der Waals surface area contributed by atoms with Gasteiger partial charge in [-0.3, -0.25) is 14.9 Å². The zero-order chi connectivity index (χ0) is 15.6. The fourth-order valence-corrected chi connectivity index (χ4v) is 2.63. The van der Waals surface area contributed by atoms with E-state index in [1.165, 1.54) is 12.1 Å². The minimum absolute atomic E-state index is 0.161. The second-order valence-corrected chi connectivity index (χ2v) is 5.80. The first-order valence-corrected chi connectivity index (χ1v) is 7.24. The van der Waals surface area contributed by atoms with E-state index in [1.54, 1.807) is 7.05 Å². The lowest BCUT2D eigenvalue weighted by atomic mass is 10.0. The average Bonchev–Trinajstić information content (AvgIpc) is 3.24. The van der Waals surface area contributed by atoms with Crippen molar-refractivity contribution < 1.29 is 9.72 Å². The first kappa shape index (κ1) is 15.6. The quantitative estimate of drug-likeness (QED) is 0.624. The molecule has 1 fully saturated rings. The lowest BCUT2D eigenvalue weighted by Crippen LogP contribution is -2.30. The van der Waals surface area contributed by atoms with Crippen molar-refractivity contribution in [2.45, 2.75) is 26.2 Å². The van der Waals surface area contributed by atoms with Crippen molar-refractivity contribution in [1.82, 2.24) is 5.32 Å². The SMILES string of the molecule is CCC1(CNC(=O)c2cc(Cl)c(NC)c([N+](=O)[O-])c2)CC1. The van der Waals surface area contributed by atoms with Gasteiger partial charge in [0.15, 0.2) is 0 Å². The molecule has 1 aliphatic rings. The molecule has 0 aromatic heterocycles. The van der Waals surface area contributed by atoms with Crippen molar-refractivity contribution in [3.8, 4) is 0 Å². The third-order valence-corrected chi connectivity index (χ3v) is 4.41. The zero-order valence-corrected chi connectivity index (χ0v) is 12.8. The van der Waals surface area contributed by atoms with Gasteiger partial charge in [0.05, 0.1) is 9.95 Å². The van der Waals surface area contributed by atoms with Gasteiger partial charge in [-0.05, 0) is 30.7 Å². The van der Waals surface area contributed by atoms with Crippen LogP contribution in [-0.4, -0.2) is 24.4 Å². The standard InChI is InChI=1S/C14H18ClN3O3/c1-3-14(4-5-14)8-17-13(19)9-6-10(15)12(16-2)11(7-9)18(20)21/h6-7,16H,3-5,8H2,1-2H3,(H,17,19). The summed E-state index contributed by atoms with van der Waals surface area (Å²) in [6.07, 6.45) is 3.25. The summed E-state index contributed by atoms with van der Waals surface area (Å²) >= 11 is 6.01. The van der Waals surface area contributed by atoms with Gasteiger partial charge >= 0.3 is 0 Å². The van der Waals surface area contributed by atoms with Crippen LogP contribution < -0.4 is 10.6 Å². The Morgan fingerprint density at radius 1 is 1.48 bits per heavy atom. The number of halogens is 1. The summed E-state index contributed by atoms with van der Waals surface area (Å²) in [7, 11) is 1.55. The predicted molar refractivity (Wildman–Crippen MR) is 81.9 cm³/mol. The number of rotatable bonds is 6. The number of hydrogen-bond acceptors (Lipinski definition) is 4. The molecule has 7 heteroatoms. The van der Waals surface area contributed by atoms with E-state index in [0.717, 1.165) is 19.3 Å². The summed E-state index contributed by atoms with van der Waals surface area (Å²) in [6, 6.07) is 2.69. The van der Waals surface area contributed by atoms with Crippen LogP contribution in [-0.2, 0) is 0 Å². The van der Waals surface area contributed by atoms with Crippen molar-refractivity contribution >= 4 is 28.9 Å². The van der Waals surface area contributed by atoms with Crippen LogP contribution in [0, 0.1) is 15.5 Å². The molecule has 0 radical (unpaired) electrons. The molecule has 2 N–H and O–H groups in total. The Bertz CT molecular complexity index is 585. The highest BCUT2D eigenvalue weighted by molar-refractivity contribution is 6.34. The fourth-order valence-electron chi connectivity index (χ4n) is 2.32. The summed E-state index contributed by atoms with van der Waals surface area (Å²) < 4.78 is 0. The molecular weight excluding hydrogens is 294 g/mol. The van der Waals surface area contributed by atoms with E-state index in [0.29, 0.717) is 6.54 Å². The molecule has 2 rings (SSSR count). The number of nitro groups is 1. The van der Waals surface area contributed by atoms with E-state index in [-0.39, 0.29) is 33.3 Å². The molecule has 6 nitrogen and oxygen atoms in total. The molecule has 0 aliphatic heterocycles. The normalized spacial score (nSPS) is 15.4. The molecule has 0 heterocycles. The Kier molecular flexibility index (Phi) is 4.37. The molecule has 0 unspecified atom stereocenters. The van der Waals surface area contributed by atoms with E-state index in [9.17, 15) is 14.9 Å². The van der Waals surface area contributed by atoms with E-state index in [4.69, 9.17) is 11.6 Å². The number of carbonyl (C=O) groups is 1. The summed E-state index contributed by atoms with van der Waals surface area (Å²) in [5.74, 6) is -0.331. The van der Waals surface area contributed by atoms with Gasteiger partial charge < -0.3 is 10.6 Å². The van der Waals surface area contributed by atoms with Crippen molar-refractivity contribution in [3.63, 3.8) is 0 Å². The average molecular weight is 312 g/mol. The lowest BCUT2D eigenvalue weighted by Gasteiger charge is -2.14. The van der Waals surface area contributed by atoms with Gasteiger partial charge in [-0.1, -0.05) is 18.5 Å². The van der Waals surface area contributed by atoms with Crippen molar-refractivity contribution in [1.29, 1.82) is 0 Å². The molecule has 1 saturated carbocycles. The monoisotopic (exact) mass is 311 g/mol. The van der Waals surface area contributed by atoms with Gasteiger partial charge in [0.25, 0.3) is 11.6 Å². The van der Waals surface area contributed by atoms with Crippen LogP contribution >= 0.6 is 11.6 Å². The smallest absolute Gasteiger partial charge is 0.294 e. The Morgan fingerprint density at radius 3 is 2.62 bits per heavy atom. The summed E-state index contributed by atoms with van der Waals surface area (Å²) in [6.45, 7) is 2.70. The van der Waals surface area contributed by atoms with Gasteiger partial charge in [0.1, 0.15) is 5.69 Å². The minimum Gasteiger partial charge on any atom is -0.381 e. The van der Waals surface area contributed by atoms with Gasteiger partial charge in [-0.25, -0.2) is 0 Å². The van der Waals surface area contributed by atoms with E-state index in [2.05, 4.69) is 17.6 Å². The molecule has 21 heavy (non-hydrogen) atoms. The Hall–Kier alpha value is -1.82. The highest BCUT2D eigenvalue weighted by atomic mass is 35.5. The van der Waals surface area contributed by atoms with Crippen molar-refractivity contribution in [2.75, 3.05) is 18.9 Å². The molecule has 1 aromatic rings. The van der Waals surface area contributed by atoms with Crippen LogP contribution in [0.1, 0.15) is 36.5 Å². The summed E-state index contributed by atoms with van der Waals surface area (Å²) in [4.78, 5) is 22.7. The van der Waals surface area contributed by atoms with Gasteiger partial charge in [-0.15, -0.1) is 0 Å².